The van der Waals surface area contributed by atoms with Crippen LogP contribution in [0.2, 0.25) is 0 Å². The van der Waals surface area contributed by atoms with Crippen molar-refractivity contribution in [3.63, 3.8) is 0 Å². The van der Waals surface area contributed by atoms with Gasteiger partial charge in [-0.25, -0.2) is 0 Å². The summed E-state index contributed by atoms with van der Waals surface area (Å²) in [5.74, 6) is -0.570. The van der Waals surface area contributed by atoms with Gasteiger partial charge in [-0.1, -0.05) is 35.0 Å². The summed E-state index contributed by atoms with van der Waals surface area (Å²) in [4.78, 5) is 22.1. The minimum atomic E-state index is -0.298. The summed E-state index contributed by atoms with van der Waals surface area (Å²) < 4.78 is 1.02. The van der Waals surface area contributed by atoms with E-state index >= 15 is 0 Å². The standard InChI is InChI=1S/C13H18BrN3O2/c1-3-12(10-4-6-11(14)7-5-10)15-8-13(19)17-16-9(2)18/h4-7,12,15H,3,8H2,1-2H3,(H,16,18)(H,17,19)/t12-/m0/s1. The smallest absolute Gasteiger partial charge is 0.252 e. The fourth-order valence-electron chi connectivity index (χ4n) is 1.61. The first-order chi connectivity index (χ1) is 9.02. The monoisotopic (exact) mass is 327 g/mol. The first kappa shape index (κ1) is 15.7. The zero-order valence-electron chi connectivity index (χ0n) is 11.0. The maximum atomic E-state index is 11.5. The van der Waals surface area contributed by atoms with Gasteiger partial charge < -0.3 is 5.32 Å². The lowest BCUT2D eigenvalue weighted by molar-refractivity contribution is -0.127. The molecule has 19 heavy (non-hydrogen) atoms. The Labute approximate surface area is 121 Å². The summed E-state index contributed by atoms with van der Waals surface area (Å²) >= 11 is 3.39. The van der Waals surface area contributed by atoms with E-state index in [1.807, 2.05) is 31.2 Å². The van der Waals surface area contributed by atoms with Crippen LogP contribution >= 0.6 is 15.9 Å². The first-order valence-electron chi connectivity index (χ1n) is 6.07. The number of hydrogen-bond donors (Lipinski definition) is 3. The van der Waals surface area contributed by atoms with Gasteiger partial charge in [-0.3, -0.25) is 20.4 Å². The second kappa shape index (κ2) is 7.91. The number of nitrogens with one attached hydrogen (secondary N) is 3. The van der Waals surface area contributed by atoms with Gasteiger partial charge in [0.05, 0.1) is 6.54 Å². The molecule has 0 aliphatic carbocycles. The Morgan fingerprint density at radius 1 is 1.21 bits per heavy atom. The fourth-order valence-corrected chi connectivity index (χ4v) is 1.88. The third-order valence-corrected chi connectivity index (χ3v) is 3.10. The summed E-state index contributed by atoms with van der Waals surface area (Å²) in [6.07, 6.45) is 0.870. The minimum Gasteiger partial charge on any atom is -0.301 e. The number of benzene rings is 1. The molecule has 0 aromatic heterocycles. The highest BCUT2D eigenvalue weighted by atomic mass is 79.9. The summed E-state index contributed by atoms with van der Waals surface area (Å²) in [5, 5.41) is 3.15. The van der Waals surface area contributed by atoms with E-state index in [4.69, 9.17) is 0 Å². The largest absolute Gasteiger partial charge is 0.301 e. The number of hydrogen-bond acceptors (Lipinski definition) is 3. The Hall–Kier alpha value is -1.40. The number of carbonyl (C=O) groups excluding carboxylic acids is 2. The minimum absolute atomic E-state index is 0.108. The molecule has 2 amide bonds. The predicted octanol–water partition coefficient (Wildman–Crippen LogP) is 1.66. The molecule has 1 aromatic carbocycles. The molecule has 3 N–H and O–H groups in total. The van der Waals surface area contributed by atoms with E-state index in [1.165, 1.54) is 6.92 Å². The lowest BCUT2D eigenvalue weighted by Crippen LogP contribution is -2.45. The highest BCUT2D eigenvalue weighted by Crippen LogP contribution is 2.19. The predicted molar refractivity (Wildman–Crippen MR) is 77.1 cm³/mol. The van der Waals surface area contributed by atoms with E-state index in [1.54, 1.807) is 0 Å². The maximum Gasteiger partial charge on any atom is 0.252 e. The lowest BCUT2D eigenvalue weighted by atomic mass is 10.0. The van der Waals surface area contributed by atoms with Crippen LogP contribution in [0.4, 0.5) is 0 Å². The molecule has 1 rings (SSSR count). The highest BCUT2D eigenvalue weighted by molar-refractivity contribution is 9.10. The zero-order chi connectivity index (χ0) is 14.3. The Kier molecular flexibility index (Phi) is 6.52. The summed E-state index contributed by atoms with van der Waals surface area (Å²) in [6.45, 7) is 3.53. The van der Waals surface area contributed by atoms with Gasteiger partial charge in [-0.15, -0.1) is 0 Å². The van der Waals surface area contributed by atoms with Crippen LogP contribution in [-0.2, 0) is 9.59 Å². The normalized spacial score (nSPS) is 11.7. The molecule has 0 aliphatic heterocycles. The van der Waals surface area contributed by atoms with Gasteiger partial charge in [0.2, 0.25) is 5.91 Å². The molecule has 0 spiro atoms. The van der Waals surface area contributed by atoms with Gasteiger partial charge >= 0.3 is 0 Å². The Balaban J connectivity index is 2.46. The fraction of sp³-hybridized carbons (Fsp3) is 0.385. The SMILES string of the molecule is CC[C@H](NCC(=O)NNC(C)=O)c1ccc(Br)cc1. The molecular formula is C13H18BrN3O2. The number of hydrazine groups is 1. The number of halogens is 1. The molecule has 0 bridgehead atoms. The van der Waals surface area contributed by atoms with Crippen LogP contribution in [0.3, 0.4) is 0 Å². The van der Waals surface area contributed by atoms with Gasteiger partial charge in [-0.2, -0.15) is 0 Å². The van der Waals surface area contributed by atoms with Crippen molar-refractivity contribution >= 4 is 27.7 Å². The van der Waals surface area contributed by atoms with Crippen LogP contribution in [0, 0.1) is 0 Å². The van der Waals surface area contributed by atoms with E-state index in [-0.39, 0.29) is 24.4 Å². The van der Waals surface area contributed by atoms with Crippen LogP contribution < -0.4 is 16.2 Å². The average molecular weight is 328 g/mol. The lowest BCUT2D eigenvalue weighted by Gasteiger charge is -2.17. The van der Waals surface area contributed by atoms with E-state index < -0.39 is 0 Å². The maximum absolute atomic E-state index is 11.5. The highest BCUT2D eigenvalue weighted by Gasteiger charge is 2.10. The molecule has 0 unspecified atom stereocenters. The van der Waals surface area contributed by atoms with Crippen molar-refractivity contribution in [2.24, 2.45) is 0 Å². The molecule has 1 aromatic rings. The van der Waals surface area contributed by atoms with Crippen LogP contribution in [0.5, 0.6) is 0 Å². The molecule has 104 valence electrons. The van der Waals surface area contributed by atoms with Crippen molar-refractivity contribution in [3.05, 3.63) is 34.3 Å². The van der Waals surface area contributed by atoms with E-state index in [0.717, 1.165) is 16.5 Å². The third-order valence-electron chi connectivity index (χ3n) is 2.57. The van der Waals surface area contributed by atoms with Crippen LogP contribution in [0.1, 0.15) is 31.9 Å². The van der Waals surface area contributed by atoms with Gasteiger partial charge in [0.15, 0.2) is 0 Å². The molecule has 0 radical (unpaired) electrons. The van der Waals surface area contributed by atoms with Crippen molar-refractivity contribution in [2.45, 2.75) is 26.3 Å². The van der Waals surface area contributed by atoms with Gasteiger partial charge in [0, 0.05) is 17.4 Å². The third kappa shape index (κ3) is 5.85. The van der Waals surface area contributed by atoms with Crippen LogP contribution in [0.15, 0.2) is 28.7 Å². The first-order valence-corrected chi connectivity index (χ1v) is 6.86. The molecular weight excluding hydrogens is 310 g/mol. The quantitative estimate of drug-likeness (QED) is 0.720. The van der Waals surface area contributed by atoms with E-state index in [0.29, 0.717) is 0 Å². The summed E-state index contributed by atoms with van der Waals surface area (Å²) in [5.41, 5.74) is 5.69. The molecule has 5 nitrogen and oxygen atoms in total. The van der Waals surface area contributed by atoms with Gasteiger partial charge in [0.25, 0.3) is 5.91 Å². The van der Waals surface area contributed by atoms with Crippen molar-refractivity contribution in [1.82, 2.24) is 16.2 Å². The van der Waals surface area contributed by atoms with Gasteiger partial charge in [-0.05, 0) is 24.1 Å². The Morgan fingerprint density at radius 3 is 2.37 bits per heavy atom. The number of carbonyl (C=O) groups is 2. The molecule has 0 fully saturated rings. The number of rotatable bonds is 5. The number of amides is 2. The molecule has 1 atom stereocenters. The van der Waals surface area contributed by atoms with Crippen molar-refractivity contribution in [2.75, 3.05) is 6.54 Å². The topological polar surface area (TPSA) is 70.2 Å². The second-order valence-electron chi connectivity index (χ2n) is 4.12. The van der Waals surface area contributed by atoms with E-state index in [2.05, 4.69) is 32.1 Å². The molecule has 0 saturated heterocycles. The molecule has 0 heterocycles. The van der Waals surface area contributed by atoms with Gasteiger partial charge in [0.1, 0.15) is 0 Å². The Bertz CT molecular complexity index is 434. The molecule has 0 saturated carbocycles. The molecule has 0 aliphatic rings. The van der Waals surface area contributed by atoms with Crippen molar-refractivity contribution in [1.29, 1.82) is 0 Å². The van der Waals surface area contributed by atoms with E-state index in [9.17, 15) is 9.59 Å². The second-order valence-corrected chi connectivity index (χ2v) is 5.04. The van der Waals surface area contributed by atoms with Crippen molar-refractivity contribution in [3.8, 4) is 0 Å². The molecule has 6 heteroatoms. The zero-order valence-corrected chi connectivity index (χ0v) is 12.6. The summed E-state index contributed by atoms with van der Waals surface area (Å²) in [6, 6.07) is 8.07. The summed E-state index contributed by atoms with van der Waals surface area (Å²) in [7, 11) is 0. The average Bonchev–Trinajstić information content (AvgIpc) is 2.39. The Morgan fingerprint density at radius 2 is 1.84 bits per heavy atom. The van der Waals surface area contributed by atoms with Crippen molar-refractivity contribution < 1.29 is 9.59 Å². The van der Waals surface area contributed by atoms with Crippen LogP contribution in [-0.4, -0.2) is 18.4 Å². The van der Waals surface area contributed by atoms with Crippen LogP contribution in [0.25, 0.3) is 0 Å².